The molecule has 0 atom stereocenters. The Hall–Kier alpha value is -1.66. The Morgan fingerprint density at radius 2 is 1.95 bits per heavy atom. The van der Waals surface area contributed by atoms with Crippen LogP contribution in [0.2, 0.25) is 0 Å². The number of sulfonamides is 1. The number of aromatic nitrogens is 2. The zero-order chi connectivity index (χ0) is 14.9. The summed E-state index contributed by atoms with van der Waals surface area (Å²) in [6, 6.07) is 5.31. The summed E-state index contributed by atoms with van der Waals surface area (Å²) in [7, 11) is -1.67. The van der Waals surface area contributed by atoms with Gasteiger partial charge in [0, 0.05) is 24.8 Å². The first kappa shape index (κ1) is 14.7. The molecular weight excluding hydrogens is 274 g/mol. The third-order valence-electron chi connectivity index (χ3n) is 3.41. The lowest BCUT2D eigenvalue weighted by molar-refractivity contribution is 0.580. The van der Waals surface area contributed by atoms with Gasteiger partial charge in [-0.1, -0.05) is 17.7 Å². The van der Waals surface area contributed by atoms with Gasteiger partial charge in [0.15, 0.2) is 0 Å². The Bertz CT molecular complexity index is 733. The Balaban J connectivity index is 2.21. The minimum Gasteiger partial charge on any atom is -0.273 e. The van der Waals surface area contributed by atoms with Gasteiger partial charge in [-0.25, -0.2) is 13.1 Å². The first-order valence-corrected chi connectivity index (χ1v) is 7.84. The van der Waals surface area contributed by atoms with E-state index in [4.69, 9.17) is 0 Å². The second-order valence-electron chi connectivity index (χ2n) is 4.97. The average molecular weight is 293 g/mol. The van der Waals surface area contributed by atoms with Gasteiger partial charge in [0.05, 0.1) is 11.1 Å². The van der Waals surface area contributed by atoms with Crippen LogP contribution in [0.15, 0.2) is 29.3 Å². The van der Waals surface area contributed by atoms with Gasteiger partial charge in [-0.05, 0) is 32.4 Å². The first-order chi connectivity index (χ1) is 9.31. The average Bonchev–Trinajstić information content (AvgIpc) is 2.67. The monoisotopic (exact) mass is 293 g/mol. The lowest BCUT2D eigenvalue weighted by Gasteiger charge is -2.09. The van der Waals surface area contributed by atoms with Crippen molar-refractivity contribution in [2.24, 2.45) is 7.05 Å². The lowest BCUT2D eigenvalue weighted by atomic mass is 10.2. The van der Waals surface area contributed by atoms with Crippen molar-refractivity contribution in [2.75, 3.05) is 0 Å². The zero-order valence-corrected chi connectivity index (χ0v) is 13.0. The Morgan fingerprint density at radius 3 is 2.50 bits per heavy atom. The molecule has 0 radical (unpaired) electrons. The molecule has 2 aromatic rings. The molecule has 0 unspecified atom stereocenters. The molecule has 1 aromatic carbocycles. The fraction of sp³-hybridized carbons (Fsp3) is 0.357. The summed E-state index contributed by atoms with van der Waals surface area (Å²) in [6.45, 7) is 5.90. The molecule has 0 bridgehead atoms. The van der Waals surface area contributed by atoms with Crippen molar-refractivity contribution in [3.05, 3.63) is 46.8 Å². The van der Waals surface area contributed by atoms with Crippen molar-refractivity contribution in [3.63, 3.8) is 0 Å². The molecule has 6 heteroatoms. The summed E-state index contributed by atoms with van der Waals surface area (Å²) >= 11 is 0. The first-order valence-electron chi connectivity index (χ1n) is 6.35. The second-order valence-corrected chi connectivity index (χ2v) is 6.71. The van der Waals surface area contributed by atoms with Crippen LogP contribution in [0.3, 0.4) is 0 Å². The van der Waals surface area contributed by atoms with Crippen molar-refractivity contribution in [1.82, 2.24) is 14.5 Å². The number of nitrogens with zero attached hydrogens (tertiary/aromatic N) is 2. The van der Waals surface area contributed by atoms with E-state index in [-0.39, 0.29) is 6.54 Å². The quantitative estimate of drug-likeness (QED) is 0.935. The molecule has 1 heterocycles. The van der Waals surface area contributed by atoms with E-state index in [0.717, 1.165) is 22.4 Å². The van der Waals surface area contributed by atoms with Gasteiger partial charge >= 0.3 is 0 Å². The summed E-state index contributed by atoms with van der Waals surface area (Å²) in [6.07, 6.45) is 1.68. The number of hydrogen-bond acceptors (Lipinski definition) is 3. The maximum absolute atomic E-state index is 12.3. The predicted molar refractivity (Wildman–Crippen MR) is 77.9 cm³/mol. The molecule has 0 saturated carbocycles. The normalized spacial score (nSPS) is 11.8. The predicted octanol–water partition coefficient (Wildman–Crippen LogP) is 1.82. The standard InChI is InChI=1S/C14H19N3O2S/c1-10-5-6-14(11(2)7-10)20(18,19)16-9-13-8-15-17(4)12(13)3/h5-8,16H,9H2,1-4H3. The highest BCUT2D eigenvalue weighted by Gasteiger charge is 2.17. The SMILES string of the molecule is Cc1ccc(S(=O)(=O)NCc2cnn(C)c2C)c(C)c1. The van der Waals surface area contributed by atoms with Crippen LogP contribution in [-0.4, -0.2) is 18.2 Å². The van der Waals surface area contributed by atoms with E-state index < -0.39 is 10.0 Å². The molecule has 5 nitrogen and oxygen atoms in total. The molecule has 0 spiro atoms. The summed E-state index contributed by atoms with van der Waals surface area (Å²) in [5.74, 6) is 0. The van der Waals surface area contributed by atoms with E-state index in [1.807, 2.05) is 27.0 Å². The highest BCUT2D eigenvalue weighted by Crippen LogP contribution is 2.17. The fourth-order valence-electron chi connectivity index (χ4n) is 2.07. The fourth-order valence-corrected chi connectivity index (χ4v) is 3.30. The molecule has 0 fully saturated rings. The van der Waals surface area contributed by atoms with Crippen molar-refractivity contribution in [1.29, 1.82) is 0 Å². The van der Waals surface area contributed by atoms with Gasteiger partial charge in [-0.2, -0.15) is 5.10 Å². The number of benzene rings is 1. The van der Waals surface area contributed by atoms with Gasteiger partial charge in [0.1, 0.15) is 0 Å². The van der Waals surface area contributed by atoms with Gasteiger partial charge < -0.3 is 0 Å². The third kappa shape index (κ3) is 2.91. The molecule has 0 aliphatic rings. The molecule has 20 heavy (non-hydrogen) atoms. The topological polar surface area (TPSA) is 64.0 Å². The van der Waals surface area contributed by atoms with E-state index in [2.05, 4.69) is 9.82 Å². The number of nitrogens with one attached hydrogen (secondary N) is 1. The Morgan fingerprint density at radius 1 is 1.25 bits per heavy atom. The van der Waals surface area contributed by atoms with E-state index in [9.17, 15) is 8.42 Å². The largest absolute Gasteiger partial charge is 0.273 e. The van der Waals surface area contributed by atoms with E-state index in [1.165, 1.54) is 0 Å². The molecule has 0 saturated heterocycles. The van der Waals surface area contributed by atoms with Crippen LogP contribution in [0, 0.1) is 20.8 Å². The highest BCUT2D eigenvalue weighted by molar-refractivity contribution is 7.89. The molecule has 0 aliphatic heterocycles. The lowest BCUT2D eigenvalue weighted by Crippen LogP contribution is -2.24. The minimum atomic E-state index is -3.50. The van der Waals surface area contributed by atoms with Gasteiger partial charge in [-0.3, -0.25) is 4.68 Å². The maximum atomic E-state index is 12.3. The van der Waals surface area contributed by atoms with E-state index in [0.29, 0.717) is 4.90 Å². The van der Waals surface area contributed by atoms with Crippen molar-refractivity contribution >= 4 is 10.0 Å². The third-order valence-corrected chi connectivity index (χ3v) is 4.97. The van der Waals surface area contributed by atoms with Crippen LogP contribution < -0.4 is 4.72 Å². The van der Waals surface area contributed by atoms with Gasteiger partial charge in [0.25, 0.3) is 0 Å². The summed E-state index contributed by atoms with van der Waals surface area (Å²) in [4.78, 5) is 0.324. The summed E-state index contributed by atoms with van der Waals surface area (Å²) in [5, 5.41) is 4.10. The molecule has 0 aliphatic carbocycles. The Kier molecular flexibility index (Phi) is 3.96. The van der Waals surface area contributed by atoms with Gasteiger partial charge in [0.2, 0.25) is 10.0 Å². The molecular formula is C14H19N3O2S. The van der Waals surface area contributed by atoms with Crippen LogP contribution in [0.4, 0.5) is 0 Å². The Labute approximate surface area is 119 Å². The summed E-state index contributed by atoms with van der Waals surface area (Å²) < 4.78 is 29.0. The minimum absolute atomic E-state index is 0.245. The zero-order valence-electron chi connectivity index (χ0n) is 12.1. The molecule has 0 amide bonds. The highest BCUT2D eigenvalue weighted by atomic mass is 32.2. The maximum Gasteiger partial charge on any atom is 0.241 e. The van der Waals surface area contributed by atoms with Crippen LogP contribution >= 0.6 is 0 Å². The number of aryl methyl sites for hydroxylation is 3. The number of rotatable bonds is 4. The van der Waals surface area contributed by atoms with E-state index in [1.54, 1.807) is 29.9 Å². The van der Waals surface area contributed by atoms with Crippen LogP contribution in [0.25, 0.3) is 0 Å². The van der Waals surface area contributed by atoms with Gasteiger partial charge in [-0.15, -0.1) is 0 Å². The smallest absolute Gasteiger partial charge is 0.241 e. The molecule has 1 N–H and O–H groups in total. The summed E-state index contributed by atoms with van der Waals surface area (Å²) in [5.41, 5.74) is 3.62. The van der Waals surface area contributed by atoms with E-state index >= 15 is 0 Å². The van der Waals surface area contributed by atoms with Crippen LogP contribution in [0.5, 0.6) is 0 Å². The van der Waals surface area contributed by atoms with Crippen molar-refractivity contribution in [2.45, 2.75) is 32.2 Å². The van der Waals surface area contributed by atoms with Crippen LogP contribution in [0.1, 0.15) is 22.4 Å². The second kappa shape index (κ2) is 5.38. The van der Waals surface area contributed by atoms with Crippen LogP contribution in [-0.2, 0) is 23.6 Å². The molecule has 2 rings (SSSR count). The van der Waals surface area contributed by atoms with Crippen molar-refractivity contribution in [3.8, 4) is 0 Å². The number of hydrogen-bond donors (Lipinski definition) is 1. The van der Waals surface area contributed by atoms with Crippen molar-refractivity contribution < 1.29 is 8.42 Å². The molecule has 108 valence electrons. The molecule has 1 aromatic heterocycles.